The summed E-state index contributed by atoms with van der Waals surface area (Å²) in [6, 6.07) is 0. The van der Waals surface area contributed by atoms with Gasteiger partial charge in [-0.25, -0.2) is 0 Å². The van der Waals surface area contributed by atoms with Gasteiger partial charge in [0.15, 0.2) is 0 Å². The first-order chi connectivity index (χ1) is 15.1. The second kappa shape index (κ2) is 9.10. The Morgan fingerprint density at radius 3 is 2.50 bits per heavy atom. The number of likely N-dealkylation sites (tertiary alicyclic amines) is 1. The van der Waals surface area contributed by atoms with Crippen molar-refractivity contribution in [2.24, 2.45) is 52.3 Å². The number of allylic oxidation sites excluding steroid dienone is 2. The smallest absolute Gasteiger partial charge is 0.226 e. The third-order valence-electron chi connectivity index (χ3n) is 11.0. The zero-order chi connectivity index (χ0) is 23.3. The van der Waals surface area contributed by atoms with Crippen LogP contribution in [-0.2, 0) is 4.79 Å². The highest BCUT2D eigenvalue weighted by Gasteiger charge is 2.59. The van der Waals surface area contributed by atoms with E-state index in [2.05, 4.69) is 47.6 Å². The average molecular weight is 442 g/mol. The Hall–Kier alpha value is -0.790. The molecule has 4 rings (SSSR count). The zero-order valence-electron chi connectivity index (χ0n) is 22.3. The van der Waals surface area contributed by atoms with E-state index < -0.39 is 0 Å². The van der Waals surface area contributed by atoms with Gasteiger partial charge in [0.1, 0.15) is 0 Å². The second-order valence-corrected chi connectivity index (χ2v) is 13.4. The average Bonchev–Trinajstić information content (AvgIpc) is 3.08. The standard InChI is InChI=1S/C30H51NO/c1-20(2)19-21(3)9-8-10-22(4)24-12-13-25-23-11-14-27-30(6,18-16-28(32)31(27)7)26(23)15-17-29(24,25)5/h14,20-26H,8-13,15-19H2,1-7H3/t21?,22-,23+,24-,25+,26+,29-,30-/m1/s1. The van der Waals surface area contributed by atoms with Gasteiger partial charge in [-0.15, -0.1) is 0 Å². The summed E-state index contributed by atoms with van der Waals surface area (Å²) in [6.07, 6.45) is 16.8. The Morgan fingerprint density at radius 2 is 1.78 bits per heavy atom. The minimum absolute atomic E-state index is 0.225. The molecule has 1 aliphatic heterocycles. The number of carbonyl (C=O) groups is 1. The summed E-state index contributed by atoms with van der Waals surface area (Å²) in [6.45, 7) is 14.9. The maximum Gasteiger partial charge on any atom is 0.226 e. The van der Waals surface area contributed by atoms with Gasteiger partial charge in [-0.3, -0.25) is 4.79 Å². The third-order valence-corrected chi connectivity index (χ3v) is 11.0. The third kappa shape index (κ3) is 4.11. The van der Waals surface area contributed by atoms with Crippen molar-refractivity contribution < 1.29 is 4.79 Å². The van der Waals surface area contributed by atoms with E-state index in [-0.39, 0.29) is 5.41 Å². The van der Waals surface area contributed by atoms with Crippen LogP contribution in [0, 0.1) is 52.3 Å². The monoisotopic (exact) mass is 441 g/mol. The van der Waals surface area contributed by atoms with E-state index in [4.69, 9.17) is 0 Å². The molecule has 2 saturated carbocycles. The molecule has 0 aromatic heterocycles. The molecule has 3 fully saturated rings. The van der Waals surface area contributed by atoms with Gasteiger partial charge in [0.25, 0.3) is 0 Å². The fraction of sp³-hybridized carbons (Fsp3) is 0.900. The lowest BCUT2D eigenvalue weighted by atomic mass is 9.48. The van der Waals surface area contributed by atoms with Gasteiger partial charge in [-0.2, -0.15) is 0 Å². The lowest BCUT2D eigenvalue weighted by Gasteiger charge is -2.58. The van der Waals surface area contributed by atoms with Crippen molar-refractivity contribution in [3.63, 3.8) is 0 Å². The predicted molar refractivity (Wildman–Crippen MR) is 135 cm³/mol. The summed E-state index contributed by atoms with van der Waals surface area (Å²) < 4.78 is 0. The van der Waals surface area contributed by atoms with Crippen molar-refractivity contribution in [1.82, 2.24) is 4.90 Å². The molecule has 1 amide bonds. The van der Waals surface area contributed by atoms with Gasteiger partial charge in [0, 0.05) is 24.6 Å². The van der Waals surface area contributed by atoms with Crippen molar-refractivity contribution in [1.29, 1.82) is 0 Å². The van der Waals surface area contributed by atoms with Crippen LogP contribution in [0.2, 0.25) is 0 Å². The van der Waals surface area contributed by atoms with Crippen LogP contribution in [-0.4, -0.2) is 17.9 Å². The van der Waals surface area contributed by atoms with Crippen molar-refractivity contribution in [3.05, 3.63) is 11.8 Å². The molecule has 0 N–H and O–H groups in total. The van der Waals surface area contributed by atoms with Crippen molar-refractivity contribution in [3.8, 4) is 0 Å². The molecule has 32 heavy (non-hydrogen) atoms. The summed E-state index contributed by atoms with van der Waals surface area (Å²) in [5.41, 5.74) is 2.13. The summed E-state index contributed by atoms with van der Waals surface area (Å²) in [7, 11) is 2.02. The van der Waals surface area contributed by atoms with Crippen LogP contribution in [0.25, 0.3) is 0 Å². The van der Waals surface area contributed by atoms with E-state index in [1.807, 2.05) is 11.9 Å². The molecular formula is C30H51NO. The van der Waals surface area contributed by atoms with Gasteiger partial charge in [-0.1, -0.05) is 66.9 Å². The Labute approximate surface area is 199 Å². The van der Waals surface area contributed by atoms with Gasteiger partial charge < -0.3 is 4.90 Å². The molecule has 4 aliphatic rings. The lowest BCUT2D eigenvalue weighted by molar-refractivity contribution is -0.136. The predicted octanol–water partition coefficient (Wildman–Crippen LogP) is 8.08. The Bertz CT molecular complexity index is 724. The van der Waals surface area contributed by atoms with Gasteiger partial charge in [-0.05, 0) is 91.8 Å². The number of carbonyl (C=O) groups excluding carboxylic acids is 1. The maximum atomic E-state index is 12.4. The molecule has 8 atom stereocenters. The van der Waals surface area contributed by atoms with Crippen LogP contribution < -0.4 is 0 Å². The minimum Gasteiger partial charge on any atom is -0.319 e. The van der Waals surface area contributed by atoms with Crippen molar-refractivity contribution in [2.45, 2.75) is 112 Å². The number of fused-ring (bicyclic) bond motifs is 5. The van der Waals surface area contributed by atoms with Crippen molar-refractivity contribution in [2.75, 3.05) is 7.05 Å². The van der Waals surface area contributed by atoms with E-state index in [0.29, 0.717) is 11.3 Å². The van der Waals surface area contributed by atoms with Crippen LogP contribution in [0.4, 0.5) is 0 Å². The largest absolute Gasteiger partial charge is 0.319 e. The van der Waals surface area contributed by atoms with Crippen LogP contribution in [0.3, 0.4) is 0 Å². The summed E-state index contributed by atoms with van der Waals surface area (Å²) in [5, 5.41) is 0. The number of rotatable bonds is 7. The highest BCUT2D eigenvalue weighted by atomic mass is 16.2. The van der Waals surface area contributed by atoms with Crippen LogP contribution in [0.5, 0.6) is 0 Å². The van der Waals surface area contributed by atoms with E-state index in [9.17, 15) is 4.79 Å². The van der Waals surface area contributed by atoms with E-state index >= 15 is 0 Å². The number of hydrogen-bond donors (Lipinski definition) is 0. The normalized spacial score (nSPS) is 41.1. The minimum atomic E-state index is 0.225. The maximum absolute atomic E-state index is 12.4. The van der Waals surface area contributed by atoms with Crippen LogP contribution >= 0.6 is 0 Å². The van der Waals surface area contributed by atoms with Crippen LogP contribution in [0.15, 0.2) is 11.8 Å². The Morgan fingerprint density at radius 1 is 1.03 bits per heavy atom. The topological polar surface area (TPSA) is 20.3 Å². The Balaban J connectivity index is 1.43. The molecule has 0 bridgehead atoms. The Kier molecular flexibility index (Phi) is 6.92. The number of piperidine rings is 1. The van der Waals surface area contributed by atoms with E-state index in [1.54, 1.807) is 0 Å². The fourth-order valence-electron chi connectivity index (χ4n) is 9.47. The molecule has 2 nitrogen and oxygen atoms in total. The number of nitrogens with zero attached hydrogens (tertiary/aromatic N) is 1. The molecular weight excluding hydrogens is 390 g/mol. The van der Waals surface area contributed by atoms with Crippen LogP contribution in [0.1, 0.15) is 112 Å². The summed E-state index contributed by atoms with van der Waals surface area (Å²) >= 11 is 0. The van der Waals surface area contributed by atoms with E-state index in [0.717, 1.165) is 54.3 Å². The zero-order valence-corrected chi connectivity index (χ0v) is 22.3. The first-order valence-corrected chi connectivity index (χ1v) is 14.0. The first-order valence-electron chi connectivity index (χ1n) is 14.0. The highest BCUT2D eigenvalue weighted by Crippen LogP contribution is 2.67. The molecule has 3 aliphatic carbocycles. The van der Waals surface area contributed by atoms with Gasteiger partial charge in [0.05, 0.1) is 0 Å². The summed E-state index contributed by atoms with van der Waals surface area (Å²) in [5.74, 6) is 6.35. The number of hydrogen-bond acceptors (Lipinski definition) is 1. The molecule has 0 aromatic rings. The molecule has 1 unspecified atom stereocenters. The van der Waals surface area contributed by atoms with Gasteiger partial charge >= 0.3 is 0 Å². The first kappa shape index (κ1) is 24.3. The second-order valence-electron chi connectivity index (χ2n) is 13.4. The molecule has 0 spiro atoms. The van der Waals surface area contributed by atoms with E-state index in [1.165, 1.54) is 63.5 Å². The molecule has 0 radical (unpaired) electrons. The number of amides is 1. The molecule has 182 valence electrons. The highest BCUT2D eigenvalue weighted by molar-refractivity contribution is 5.79. The molecule has 1 heterocycles. The van der Waals surface area contributed by atoms with Crippen molar-refractivity contribution >= 4 is 5.91 Å². The molecule has 0 aromatic carbocycles. The quantitative estimate of drug-likeness (QED) is 0.391. The van der Waals surface area contributed by atoms with Gasteiger partial charge in [0.2, 0.25) is 5.91 Å². The molecule has 2 heteroatoms. The molecule has 1 saturated heterocycles. The SMILES string of the molecule is CC(C)CC(C)CCC[C@@H](C)[C@H]1CC[C@H]2[C@@H]3CC=C4N(C)C(=O)CC[C@]4(C)[C@H]3CC[C@]12C. The lowest BCUT2D eigenvalue weighted by Crippen LogP contribution is -2.53. The summed E-state index contributed by atoms with van der Waals surface area (Å²) in [4.78, 5) is 14.4. The fourth-order valence-corrected chi connectivity index (χ4v) is 9.47.